The number of nitrogens with one attached hydrogen (secondary N) is 1. The molecule has 17 heavy (non-hydrogen) atoms. The predicted octanol–water partition coefficient (Wildman–Crippen LogP) is 4.76. The molecule has 0 aromatic carbocycles. The Bertz CT molecular complexity index is 455. The Hall–Kier alpha value is -0.220. The van der Waals surface area contributed by atoms with Crippen LogP contribution in [0.3, 0.4) is 0 Å². The van der Waals surface area contributed by atoms with Crippen LogP contribution in [-0.2, 0) is 6.42 Å². The Kier molecular flexibility index (Phi) is 4.36. The van der Waals surface area contributed by atoms with Crippen molar-refractivity contribution < 1.29 is 0 Å². The molecule has 2 unspecified atom stereocenters. The lowest BCUT2D eigenvalue weighted by atomic mass is 10.0. The highest BCUT2D eigenvalue weighted by Crippen LogP contribution is 2.38. The molecule has 0 bridgehead atoms. The maximum Gasteiger partial charge on any atom is 0.144 e. The minimum Gasteiger partial charge on any atom is -0.346 e. The van der Waals surface area contributed by atoms with E-state index in [0.717, 1.165) is 22.6 Å². The van der Waals surface area contributed by atoms with E-state index < -0.39 is 0 Å². The Balaban J connectivity index is 2.28. The van der Waals surface area contributed by atoms with Gasteiger partial charge in [-0.1, -0.05) is 32.5 Å². The van der Waals surface area contributed by atoms with Crippen molar-refractivity contribution in [1.82, 2.24) is 9.97 Å². The number of H-pyrrole nitrogens is 1. The molecule has 1 N–H and O–H groups in total. The number of nitrogens with zero attached hydrogens (tertiary/aromatic N) is 1. The molecule has 94 valence electrons. The summed E-state index contributed by atoms with van der Waals surface area (Å²) >= 11 is 8.82. The first-order valence-corrected chi connectivity index (χ1v) is 7.64. The van der Waals surface area contributed by atoms with Crippen LogP contribution < -0.4 is 0 Å². The zero-order valence-corrected chi connectivity index (χ0v) is 12.8. The zero-order chi connectivity index (χ0) is 12.4. The van der Waals surface area contributed by atoms with E-state index in [1.54, 1.807) is 0 Å². The summed E-state index contributed by atoms with van der Waals surface area (Å²) in [6, 6.07) is 0. The van der Waals surface area contributed by atoms with Crippen LogP contribution in [0.15, 0.2) is 4.47 Å². The molecule has 1 aliphatic carbocycles. The van der Waals surface area contributed by atoms with Crippen molar-refractivity contribution >= 4 is 28.1 Å². The van der Waals surface area contributed by atoms with Crippen LogP contribution >= 0.6 is 28.1 Å². The molecule has 0 aliphatic heterocycles. The maximum atomic E-state index is 5.31. The number of hydrogen-bond acceptors (Lipinski definition) is 2. The van der Waals surface area contributed by atoms with Crippen LogP contribution in [0.1, 0.15) is 57.0 Å². The summed E-state index contributed by atoms with van der Waals surface area (Å²) in [5.74, 6) is 2.56. The van der Waals surface area contributed by atoms with Gasteiger partial charge in [-0.05, 0) is 47.5 Å². The molecule has 0 saturated heterocycles. The molecule has 1 aliphatic rings. The fourth-order valence-electron chi connectivity index (χ4n) is 2.66. The molecule has 1 aromatic rings. The van der Waals surface area contributed by atoms with Gasteiger partial charge >= 0.3 is 0 Å². The SMILES string of the molecule is CCc1[nH]c(C2CCC(CC)C2)nc(=S)c1Br. The third kappa shape index (κ3) is 2.79. The second-order valence-corrected chi connectivity index (χ2v) is 6.04. The van der Waals surface area contributed by atoms with Crippen LogP contribution in [-0.4, -0.2) is 9.97 Å². The number of rotatable bonds is 3. The predicted molar refractivity (Wildman–Crippen MR) is 76.9 cm³/mol. The molecule has 1 fully saturated rings. The van der Waals surface area contributed by atoms with Crippen LogP contribution in [0, 0.1) is 10.6 Å². The molecule has 1 saturated carbocycles. The van der Waals surface area contributed by atoms with Gasteiger partial charge in [-0.3, -0.25) is 0 Å². The summed E-state index contributed by atoms with van der Waals surface area (Å²) in [5.41, 5.74) is 1.18. The second kappa shape index (κ2) is 5.61. The quantitative estimate of drug-likeness (QED) is 0.815. The van der Waals surface area contributed by atoms with Crippen molar-refractivity contribution in [2.24, 2.45) is 5.92 Å². The molecule has 2 nitrogen and oxygen atoms in total. The summed E-state index contributed by atoms with van der Waals surface area (Å²) in [7, 11) is 0. The Morgan fingerprint density at radius 1 is 1.41 bits per heavy atom. The van der Waals surface area contributed by atoms with E-state index in [1.807, 2.05) is 0 Å². The molecule has 4 heteroatoms. The highest BCUT2D eigenvalue weighted by molar-refractivity contribution is 9.10. The fourth-order valence-corrected chi connectivity index (χ4v) is 3.35. The van der Waals surface area contributed by atoms with E-state index in [2.05, 4.69) is 39.7 Å². The summed E-state index contributed by atoms with van der Waals surface area (Å²) in [6.45, 7) is 4.42. The minimum absolute atomic E-state index is 0.583. The van der Waals surface area contributed by atoms with E-state index in [1.165, 1.54) is 31.4 Å². The lowest BCUT2D eigenvalue weighted by Gasteiger charge is -2.12. The van der Waals surface area contributed by atoms with Crippen LogP contribution in [0.4, 0.5) is 0 Å². The molecular weight excluding hydrogens is 296 g/mol. The van der Waals surface area contributed by atoms with Crippen molar-refractivity contribution in [3.63, 3.8) is 0 Å². The number of hydrogen-bond donors (Lipinski definition) is 1. The summed E-state index contributed by atoms with van der Waals surface area (Å²) in [6.07, 6.45) is 6.10. The molecule has 1 heterocycles. The highest BCUT2D eigenvalue weighted by Gasteiger charge is 2.26. The average Bonchev–Trinajstić information content (AvgIpc) is 2.81. The Morgan fingerprint density at radius 3 is 2.76 bits per heavy atom. The largest absolute Gasteiger partial charge is 0.346 e. The van der Waals surface area contributed by atoms with E-state index in [4.69, 9.17) is 12.2 Å². The van der Waals surface area contributed by atoms with Crippen molar-refractivity contribution in [3.05, 3.63) is 20.6 Å². The first-order valence-electron chi connectivity index (χ1n) is 6.44. The van der Waals surface area contributed by atoms with Gasteiger partial charge in [-0.25, -0.2) is 4.98 Å². The van der Waals surface area contributed by atoms with Gasteiger partial charge in [0.1, 0.15) is 10.5 Å². The number of aromatic amines is 1. The molecule has 0 amide bonds. The Labute approximate surface area is 116 Å². The van der Waals surface area contributed by atoms with E-state index >= 15 is 0 Å². The third-order valence-electron chi connectivity index (χ3n) is 3.81. The van der Waals surface area contributed by atoms with Crippen molar-refractivity contribution in [3.8, 4) is 0 Å². The lowest BCUT2D eigenvalue weighted by molar-refractivity contribution is 0.516. The topological polar surface area (TPSA) is 28.7 Å². The van der Waals surface area contributed by atoms with Gasteiger partial charge in [-0.2, -0.15) is 0 Å². The lowest BCUT2D eigenvalue weighted by Crippen LogP contribution is -2.05. The first kappa shape index (κ1) is 13.2. The number of halogens is 1. The second-order valence-electron chi connectivity index (χ2n) is 4.86. The van der Waals surface area contributed by atoms with Crippen molar-refractivity contribution in [1.29, 1.82) is 0 Å². The van der Waals surface area contributed by atoms with E-state index in [9.17, 15) is 0 Å². The normalized spacial score (nSPS) is 24.2. The van der Waals surface area contributed by atoms with Crippen molar-refractivity contribution in [2.75, 3.05) is 0 Å². The smallest absolute Gasteiger partial charge is 0.144 e. The molecule has 2 rings (SSSR count). The maximum absolute atomic E-state index is 5.31. The Morgan fingerprint density at radius 2 is 2.18 bits per heavy atom. The van der Waals surface area contributed by atoms with E-state index in [0.29, 0.717) is 10.6 Å². The first-order chi connectivity index (χ1) is 8.15. The minimum atomic E-state index is 0.583. The van der Waals surface area contributed by atoms with Crippen LogP contribution in [0.25, 0.3) is 0 Å². The summed E-state index contributed by atoms with van der Waals surface area (Å²) in [5, 5.41) is 0. The van der Waals surface area contributed by atoms with Crippen molar-refractivity contribution in [2.45, 2.75) is 51.9 Å². The summed E-state index contributed by atoms with van der Waals surface area (Å²) < 4.78 is 1.67. The van der Waals surface area contributed by atoms with Gasteiger partial charge in [0.2, 0.25) is 0 Å². The van der Waals surface area contributed by atoms with Gasteiger partial charge in [0, 0.05) is 11.6 Å². The molecule has 1 aromatic heterocycles. The molecule has 0 spiro atoms. The fraction of sp³-hybridized carbons (Fsp3) is 0.692. The van der Waals surface area contributed by atoms with Gasteiger partial charge in [-0.15, -0.1) is 0 Å². The van der Waals surface area contributed by atoms with Crippen LogP contribution in [0.5, 0.6) is 0 Å². The van der Waals surface area contributed by atoms with Gasteiger partial charge in [0.05, 0.1) is 4.47 Å². The standard InChI is InChI=1S/C13H19BrN2S/c1-3-8-5-6-9(7-8)12-15-10(4-2)11(14)13(17)16-12/h8-9H,3-7H2,1-2H3,(H,15,16,17). The average molecular weight is 315 g/mol. The summed E-state index contributed by atoms with van der Waals surface area (Å²) in [4.78, 5) is 8.01. The van der Waals surface area contributed by atoms with E-state index in [-0.39, 0.29) is 0 Å². The van der Waals surface area contributed by atoms with Crippen LogP contribution in [0.2, 0.25) is 0 Å². The van der Waals surface area contributed by atoms with Gasteiger partial charge in [0.15, 0.2) is 0 Å². The molecular formula is C13H19BrN2S. The zero-order valence-electron chi connectivity index (χ0n) is 10.4. The molecule has 2 atom stereocenters. The third-order valence-corrected chi connectivity index (χ3v) is 5.22. The monoisotopic (exact) mass is 314 g/mol. The highest BCUT2D eigenvalue weighted by atomic mass is 79.9. The van der Waals surface area contributed by atoms with Gasteiger partial charge < -0.3 is 4.98 Å². The number of aryl methyl sites for hydroxylation is 1. The van der Waals surface area contributed by atoms with Gasteiger partial charge in [0.25, 0.3) is 0 Å². The molecule has 0 radical (unpaired) electrons. The number of aromatic nitrogens is 2.